The number of rotatable bonds is 5. The molecule has 0 fully saturated rings. The van der Waals surface area contributed by atoms with E-state index >= 15 is 0 Å². The lowest BCUT2D eigenvalue weighted by Crippen LogP contribution is -2.14. The van der Waals surface area contributed by atoms with Crippen LogP contribution in [0, 0.1) is 6.92 Å². The number of pyridine rings is 1. The van der Waals surface area contributed by atoms with Gasteiger partial charge in [-0.2, -0.15) is 0 Å². The van der Waals surface area contributed by atoms with Gasteiger partial charge in [0.25, 0.3) is 5.91 Å². The summed E-state index contributed by atoms with van der Waals surface area (Å²) >= 11 is 3.31. The van der Waals surface area contributed by atoms with Crippen LogP contribution >= 0.6 is 15.9 Å². The molecule has 1 amide bonds. The maximum absolute atomic E-state index is 12.8. The largest absolute Gasteiger partial charge is 0.495 e. The highest BCUT2D eigenvalue weighted by Crippen LogP contribution is 2.38. The Hall–Kier alpha value is -2.87. The first kappa shape index (κ1) is 19.9. The molecular weight excluding hydrogens is 426 g/mol. The average molecular weight is 446 g/mol. The number of hydrogen-bond acceptors (Lipinski definition) is 5. The number of nitrogens with zero attached hydrogens (tertiary/aromatic N) is 2. The van der Waals surface area contributed by atoms with Crippen molar-refractivity contribution in [1.82, 2.24) is 9.55 Å². The van der Waals surface area contributed by atoms with Gasteiger partial charge in [-0.05, 0) is 48.0 Å². The smallest absolute Gasteiger partial charge is 0.340 e. The summed E-state index contributed by atoms with van der Waals surface area (Å²) in [4.78, 5) is 29.5. The Balaban J connectivity index is 2.21. The van der Waals surface area contributed by atoms with Crippen molar-refractivity contribution in [2.24, 2.45) is 7.05 Å². The minimum atomic E-state index is -0.446. The van der Waals surface area contributed by atoms with E-state index in [-0.39, 0.29) is 12.5 Å². The number of hydrogen-bond donors (Lipinski definition) is 1. The molecule has 7 nitrogen and oxygen atoms in total. The van der Waals surface area contributed by atoms with Gasteiger partial charge in [0.15, 0.2) is 0 Å². The van der Waals surface area contributed by atoms with Crippen molar-refractivity contribution in [3.05, 3.63) is 51.9 Å². The SMILES string of the molecule is CCOC(=O)c1c(C)n(C)c2ccc(OC)c(NC(=O)c3cncc(Br)c3)c12. The van der Waals surface area contributed by atoms with Crippen LogP contribution in [0.4, 0.5) is 5.69 Å². The lowest BCUT2D eigenvalue weighted by molar-refractivity contribution is 0.0527. The monoisotopic (exact) mass is 445 g/mol. The number of fused-ring (bicyclic) bond motifs is 1. The third kappa shape index (κ3) is 3.47. The molecule has 1 N–H and O–H groups in total. The molecule has 0 bridgehead atoms. The highest BCUT2D eigenvalue weighted by atomic mass is 79.9. The highest BCUT2D eigenvalue weighted by molar-refractivity contribution is 9.10. The first-order valence-corrected chi connectivity index (χ1v) is 9.43. The number of halogens is 1. The number of methoxy groups -OCH3 is 1. The van der Waals surface area contributed by atoms with Crippen LogP contribution in [0.3, 0.4) is 0 Å². The van der Waals surface area contributed by atoms with Crippen LogP contribution in [0.25, 0.3) is 10.9 Å². The van der Waals surface area contributed by atoms with Crippen molar-refractivity contribution in [3.63, 3.8) is 0 Å². The van der Waals surface area contributed by atoms with Gasteiger partial charge in [0, 0.05) is 35.0 Å². The van der Waals surface area contributed by atoms with E-state index in [1.54, 1.807) is 25.3 Å². The summed E-state index contributed by atoms with van der Waals surface area (Å²) < 4.78 is 13.3. The minimum absolute atomic E-state index is 0.254. The maximum atomic E-state index is 12.8. The molecule has 3 rings (SSSR count). The molecule has 2 aromatic heterocycles. The fourth-order valence-electron chi connectivity index (χ4n) is 3.10. The highest BCUT2D eigenvalue weighted by Gasteiger charge is 2.25. The van der Waals surface area contributed by atoms with Gasteiger partial charge in [0.05, 0.1) is 36.0 Å². The van der Waals surface area contributed by atoms with Gasteiger partial charge >= 0.3 is 5.97 Å². The van der Waals surface area contributed by atoms with Crippen molar-refractivity contribution >= 4 is 44.4 Å². The van der Waals surface area contributed by atoms with Crippen molar-refractivity contribution < 1.29 is 19.1 Å². The van der Waals surface area contributed by atoms with Crippen LogP contribution < -0.4 is 10.1 Å². The molecule has 0 atom stereocenters. The number of esters is 1. The van der Waals surface area contributed by atoms with Gasteiger partial charge in [0.2, 0.25) is 0 Å². The van der Waals surface area contributed by atoms with E-state index < -0.39 is 5.97 Å². The zero-order chi connectivity index (χ0) is 20.4. The molecule has 0 aliphatic heterocycles. The van der Waals surface area contributed by atoms with E-state index in [1.807, 2.05) is 24.6 Å². The molecule has 3 aromatic rings. The molecule has 0 unspecified atom stereocenters. The predicted octanol–water partition coefficient (Wildman–Crippen LogP) is 4.08. The molecule has 0 aliphatic carbocycles. The number of anilines is 1. The normalized spacial score (nSPS) is 10.8. The number of carbonyl (C=O) groups excluding carboxylic acids is 2. The average Bonchev–Trinajstić information content (AvgIpc) is 2.93. The maximum Gasteiger partial charge on any atom is 0.340 e. The van der Waals surface area contributed by atoms with Crippen LogP contribution in [0.2, 0.25) is 0 Å². The van der Waals surface area contributed by atoms with Crippen LogP contribution in [-0.2, 0) is 11.8 Å². The summed E-state index contributed by atoms with van der Waals surface area (Å²) in [6, 6.07) is 5.27. The first-order chi connectivity index (χ1) is 13.4. The van der Waals surface area contributed by atoms with E-state index in [9.17, 15) is 9.59 Å². The van der Waals surface area contributed by atoms with Gasteiger partial charge in [-0.25, -0.2) is 4.79 Å². The standard InChI is InChI=1S/C20H20BrN3O4/c1-5-28-20(26)16-11(2)24(3)14-6-7-15(27-4)18(17(14)16)23-19(25)12-8-13(21)10-22-9-12/h6-10H,5H2,1-4H3,(H,23,25). The van der Waals surface area contributed by atoms with Crippen molar-refractivity contribution in [2.45, 2.75) is 13.8 Å². The fraction of sp³-hybridized carbons (Fsp3) is 0.250. The molecule has 0 spiro atoms. The van der Waals surface area contributed by atoms with Gasteiger partial charge in [-0.3, -0.25) is 9.78 Å². The van der Waals surface area contributed by atoms with Crippen LogP contribution in [0.5, 0.6) is 5.75 Å². The second kappa shape index (κ2) is 8.02. The van der Waals surface area contributed by atoms with E-state index in [0.29, 0.717) is 32.4 Å². The summed E-state index contributed by atoms with van der Waals surface area (Å²) in [5.41, 5.74) is 2.71. The second-order valence-electron chi connectivity index (χ2n) is 6.12. The number of benzene rings is 1. The minimum Gasteiger partial charge on any atom is -0.495 e. The van der Waals surface area contributed by atoms with Crippen molar-refractivity contribution in [3.8, 4) is 5.75 Å². The Bertz CT molecular complexity index is 1070. The Labute approximate surface area is 170 Å². The summed E-state index contributed by atoms with van der Waals surface area (Å²) in [6.45, 7) is 3.84. The zero-order valence-electron chi connectivity index (χ0n) is 16.0. The van der Waals surface area contributed by atoms with Gasteiger partial charge in [-0.1, -0.05) is 0 Å². The molecule has 146 valence electrons. The molecule has 0 saturated carbocycles. The number of ether oxygens (including phenoxy) is 2. The quantitative estimate of drug-likeness (QED) is 0.598. The number of carbonyl (C=O) groups is 2. The lowest BCUT2D eigenvalue weighted by Gasteiger charge is -2.13. The van der Waals surface area contributed by atoms with Gasteiger partial charge in [0.1, 0.15) is 5.75 Å². The Morgan fingerprint density at radius 3 is 2.68 bits per heavy atom. The number of aryl methyl sites for hydroxylation is 1. The summed E-state index contributed by atoms with van der Waals surface area (Å²) in [5, 5.41) is 3.46. The number of aromatic nitrogens is 2. The van der Waals surface area contributed by atoms with E-state index in [2.05, 4.69) is 26.2 Å². The molecule has 28 heavy (non-hydrogen) atoms. The summed E-state index contributed by atoms with van der Waals surface area (Å²) in [6.07, 6.45) is 3.06. The molecular formula is C20H20BrN3O4. The molecule has 2 heterocycles. The second-order valence-corrected chi connectivity index (χ2v) is 7.04. The van der Waals surface area contributed by atoms with E-state index in [4.69, 9.17) is 9.47 Å². The summed E-state index contributed by atoms with van der Waals surface area (Å²) in [5.74, 6) is -0.366. The Morgan fingerprint density at radius 2 is 2.04 bits per heavy atom. The first-order valence-electron chi connectivity index (χ1n) is 8.64. The van der Waals surface area contributed by atoms with Crippen molar-refractivity contribution in [1.29, 1.82) is 0 Å². The third-order valence-electron chi connectivity index (χ3n) is 4.53. The lowest BCUT2D eigenvalue weighted by atomic mass is 10.1. The van der Waals surface area contributed by atoms with Crippen molar-refractivity contribution in [2.75, 3.05) is 19.0 Å². The number of amides is 1. The van der Waals surface area contributed by atoms with Gasteiger partial charge < -0.3 is 19.4 Å². The van der Waals surface area contributed by atoms with Crippen LogP contribution in [0.1, 0.15) is 33.3 Å². The third-order valence-corrected chi connectivity index (χ3v) is 4.96. The predicted molar refractivity (Wildman–Crippen MR) is 110 cm³/mol. The van der Waals surface area contributed by atoms with E-state index in [1.165, 1.54) is 13.3 Å². The molecule has 1 aromatic carbocycles. The summed E-state index contributed by atoms with van der Waals surface area (Å²) in [7, 11) is 3.37. The fourth-order valence-corrected chi connectivity index (χ4v) is 3.47. The molecule has 0 aliphatic rings. The Morgan fingerprint density at radius 1 is 1.29 bits per heavy atom. The van der Waals surface area contributed by atoms with Gasteiger partial charge in [-0.15, -0.1) is 0 Å². The number of nitrogens with one attached hydrogen (secondary N) is 1. The molecule has 0 radical (unpaired) electrons. The molecule has 8 heteroatoms. The molecule has 0 saturated heterocycles. The van der Waals surface area contributed by atoms with Crippen LogP contribution in [-0.4, -0.2) is 35.1 Å². The zero-order valence-corrected chi connectivity index (χ0v) is 17.6. The Kier molecular flexibility index (Phi) is 5.69. The topological polar surface area (TPSA) is 82.5 Å². The van der Waals surface area contributed by atoms with Crippen LogP contribution in [0.15, 0.2) is 35.1 Å². The van der Waals surface area contributed by atoms with E-state index in [0.717, 1.165) is 11.2 Å².